The number of nitrogens with zero attached hydrogens (tertiary/aromatic N) is 1. The largest absolute Gasteiger partial charge is 0.494 e. The Morgan fingerprint density at radius 3 is 2.19 bits per heavy atom. The van der Waals surface area contributed by atoms with Crippen molar-refractivity contribution in [3.8, 4) is 5.75 Å². The van der Waals surface area contributed by atoms with Crippen molar-refractivity contribution in [1.82, 2.24) is 9.62 Å². The van der Waals surface area contributed by atoms with E-state index in [9.17, 15) is 8.42 Å². The van der Waals surface area contributed by atoms with E-state index in [1.54, 1.807) is 24.3 Å². The second-order valence-electron chi connectivity index (χ2n) is 6.53. The van der Waals surface area contributed by atoms with Crippen LogP contribution in [0.2, 0.25) is 0 Å². The van der Waals surface area contributed by atoms with Gasteiger partial charge in [-0.05, 0) is 68.2 Å². The number of hydrogen-bond donors (Lipinski definition) is 1. The Morgan fingerprint density at radius 2 is 1.58 bits per heavy atom. The van der Waals surface area contributed by atoms with Gasteiger partial charge in [-0.3, -0.25) is 4.90 Å². The summed E-state index contributed by atoms with van der Waals surface area (Å²) in [4.78, 5) is 2.69. The molecule has 0 aliphatic carbocycles. The highest BCUT2D eigenvalue weighted by molar-refractivity contribution is 7.89. The van der Waals surface area contributed by atoms with Crippen molar-refractivity contribution in [3.63, 3.8) is 0 Å². The van der Waals surface area contributed by atoms with Gasteiger partial charge >= 0.3 is 0 Å². The highest BCUT2D eigenvalue weighted by Crippen LogP contribution is 2.17. The third-order valence-electron chi connectivity index (χ3n) is 4.54. The minimum absolute atomic E-state index is 0.242. The average molecular weight is 375 g/mol. The number of sulfonamides is 1. The lowest BCUT2D eigenvalue weighted by Crippen LogP contribution is -2.23. The highest BCUT2D eigenvalue weighted by atomic mass is 32.2. The first kappa shape index (κ1) is 18.9. The summed E-state index contributed by atoms with van der Waals surface area (Å²) in [5.74, 6) is 0.667. The molecule has 0 bridgehead atoms. The van der Waals surface area contributed by atoms with Crippen LogP contribution in [-0.4, -0.2) is 33.0 Å². The lowest BCUT2D eigenvalue weighted by Gasteiger charge is -2.14. The van der Waals surface area contributed by atoms with E-state index in [0.717, 1.165) is 12.1 Å². The van der Waals surface area contributed by atoms with Gasteiger partial charge in [-0.15, -0.1) is 0 Å². The second kappa shape index (κ2) is 8.66. The van der Waals surface area contributed by atoms with Crippen LogP contribution in [0.25, 0.3) is 0 Å². The molecule has 1 N–H and O–H groups in total. The van der Waals surface area contributed by atoms with Crippen LogP contribution < -0.4 is 9.46 Å². The monoisotopic (exact) mass is 374 g/mol. The van der Waals surface area contributed by atoms with Crippen molar-refractivity contribution >= 4 is 10.0 Å². The summed E-state index contributed by atoms with van der Waals surface area (Å²) < 4.78 is 32.8. The molecule has 1 heterocycles. The van der Waals surface area contributed by atoms with Crippen molar-refractivity contribution in [1.29, 1.82) is 0 Å². The van der Waals surface area contributed by atoms with Crippen molar-refractivity contribution in [3.05, 3.63) is 59.7 Å². The van der Waals surface area contributed by atoms with Gasteiger partial charge in [-0.25, -0.2) is 13.1 Å². The quantitative estimate of drug-likeness (QED) is 0.771. The summed E-state index contributed by atoms with van der Waals surface area (Å²) in [6.07, 6.45) is 2.57. The van der Waals surface area contributed by atoms with E-state index >= 15 is 0 Å². The Labute approximate surface area is 156 Å². The first-order chi connectivity index (χ1) is 12.6. The summed E-state index contributed by atoms with van der Waals surface area (Å²) >= 11 is 0. The number of likely N-dealkylation sites (tertiary alicyclic amines) is 1. The van der Waals surface area contributed by atoms with Gasteiger partial charge in [0.2, 0.25) is 10.0 Å². The molecule has 2 aromatic rings. The average Bonchev–Trinajstić information content (AvgIpc) is 3.15. The van der Waals surface area contributed by atoms with Crippen molar-refractivity contribution in [2.75, 3.05) is 19.7 Å². The van der Waals surface area contributed by atoms with E-state index in [1.807, 2.05) is 19.1 Å². The van der Waals surface area contributed by atoms with Crippen LogP contribution in [0.1, 0.15) is 30.9 Å². The van der Waals surface area contributed by atoms with Crippen molar-refractivity contribution in [2.24, 2.45) is 0 Å². The number of ether oxygens (including phenoxy) is 1. The molecule has 0 unspecified atom stereocenters. The Balaban J connectivity index is 1.56. The number of hydrogen-bond acceptors (Lipinski definition) is 4. The van der Waals surface area contributed by atoms with Crippen LogP contribution in [0.4, 0.5) is 0 Å². The summed E-state index contributed by atoms with van der Waals surface area (Å²) in [7, 11) is -3.53. The number of rotatable bonds is 8. The van der Waals surface area contributed by atoms with Crippen LogP contribution in [0.15, 0.2) is 53.4 Å². The Bertz CT molecular complexity index is 796. The Kier molecular flexibility index (Phi) is 6.29. The minimum Gasteiger partial charge on any atom is -0.494 e. The van der Waals surface area contributed by atoms with E-state index < -0.39 is 10.0 Å². The molecule has 1 fully saturated rings. The predicted molar refractivity (Wildman–Crippen MR) is 103 cm³/mol. The molecule has 1 aliphatic rings. The third-order valence-corrected chi connectivity index (χ3v) is 5.96. The fourth-order valence-electron chi connectivity index (χ4n) is 3.10. The molecule has 1 aliphatic heterocycles. The van der Waals surface area contributed by atoms with Gasteiger partial charge in [0.15, 0.2) is 0 Å². The summed E-state index contributed by atoms with van der Waals surface area (Å²) in [6, 6.07) is 14.6. The first-order valence-electron chi connectivity index (χ1n) is 9.09. The zero-order chi connectivity index (χ0) is 18.4. The predicted octanol–water partition coefficient (Wildman–Crippen LogP) is 3.16. The minimum atomic E-state index is -3.53. The van der Waals surface area contributed by atoms with Crippen LogP contribution >= 0.6 is 0 Å². The maximum atomic E-state index is 12.4. The summed E-state index contributed by atoms with van der Waals surface area (Å²) in [6.45, 7) is 6.03. The fourth-order valence-corrected chi connectivity index (χ4v) is 4.12. The second-order valence-corrected chi connectivity index (χ2v) is 8.30. The number of benzene rings is 2. The Hall–Kier alpha value is -1.89. The topological polar surface area (TPSA) is 58.6 Å². The number of nitrogens with one attached hydrogen (secondary N) is 1. The zero-order valence-electron chi connectivity index (χ0n) is 15.1. The lowest BCUT2D eigenvalue weighted by molar-refractivity contribution is 0.331. The molecule has 1 saturated heterocycles. The van der Waals surface area contributed by atoms with Crippen LogP contribution in [0.5, 0.6) is 5.75 Å². The molecule has 3 rings (SSSR count). The maximum absolute atomic E-state index is 12.4. The third kappa shape index (κ3) is 5.06. The van der Waals surface area contributed by atoms with Gasteiger partial charge in [0.1, 0.15) is 5.75 Å². The van der Waals surface area contributed by atoms with Gasteiger partial charge in [-0.1, -0.05) is 24.3 Å². The molecule has 0 saturated carbocycles. The molecule has 2 aromatic carbocycles. The normalized spacial score (nSPS) is 15.3. The van der Waals surface area contributed by atoms with Crippen LogP contribution in [0, 0.1) is 0 Å². The molecule has 0 amide bonds. The standard InChI is InChI=1S/C20H26N2O3S/c1-2-25-19-9-11-20(12-10-19)26(23,24)21-15-17-5-7-18(8-6-17)16-22-13-3-4-14-22/h5-12,21H,2-4,13-16H2,1H3. The molecule has 0 radical (unpaired) electrons. The van der Waals surface area contributed by atoms with Gasteiger partial charge in [0, 0.05) is 13.1 Å². The van der Waals surface area contributed by atoms with E-state index in [1.165, 1.54) is 31.5 Å². The van der Waals surface area contributed by atoms with E-state index in [4.69, 9.17) is 4.74 Å². The van der Waals surface area contributed by atoms with Gasteiger partial charge in [0.05, 0.1) is 11.5 Å². The van der Waals surface area contributed by atoms with Gasteiger partial charge in [-0.2, -0.15) is 0 Å². The maximum Gasteiger partial charge on any atom is 0.240 e. The van der Waals surface area contributed by atoms with E-state index in [0.29, 0.717) is 12.4 Å². The van der Waals surface area contributed by atoms with E-state index in [2.05, 4.69) is 21.8 Å². The van der Waals surface area contributed by atoms with E-state index in [-0.39, 0.29) is 11.4 Å². The molecular weight excluding hydrogens is 348 g/mol. The smallest absolute Gasteiger partial charge is 0.240 e. The summed E-state index contributed by atoms with van der Waals surface area (Å²) in [5, 5.41) is 0. The SMILES string of the molecule is CCOc1ccc(S(=O)(=O)NCc2ccc(CN3CCCC3)cc2)cc1. The fraction of sp³-hybridized carbons (Fsp3) is 0.400. The Morgan fingerprint density at radius 1 is 0.962 bits per heavy atom. The molecule has 140 valence electrons. The van der Waals surface area contributed by atoms with Gasteiger partial charge < -0.3 is 4.74 Å². The molecule has 6 heteroatoms. The molecule has 26 heavy (non-hydrogen) atoms. The van der Waals surface area contributed by atoms with Crippen molar-refractivity contribution < 1.29 is 13.2 Å². The molecular formula is C20H26N2O3S. The van der Waals surface area contributed by atoms with Gasteiger partial charge in [0.25, 0.3) is 0 Å². The first-order valence-corrected chi connectivity index (χ1v) is 10.6. The van der Waals surface area contributed by atoms with Crippen molar-refractivity contribution in [2.45, 2.75) is 37.8 Å². The summed E-state index contributed by atoms with van der Waals surface area (Å²) in [5.41, 5.74) is 2.22. The van der Waals surface area contributed by atoms with Crippen LogP contribution in [-0.2, 0) is 23.1 Å². The molecule has 0 spiro atoms. The molecule has 0 aromatic heterocycles. The highest BCUT2D eigenvalue weighted by Gasteiger charge is 2.14. The molecule has 5 nitrogen and oxygen atoms in total. The zero-order valence-corrected chi connectivity index (χ0v) is 16.0. The van der Waals surface area contributed by atoms with Crippen LogP contribution in [0.3, 0.4) is 0 Å². The molecule has 0 atom stereocenters. The lowest BCUT2D eigenvalue weighted by atomic mass is 10.1.